The molecular weight excluding hydrogens is 342 g/mol. The van der Waals surface area contributed by atoms with Crippen molar-refractivity contribution in [3.05, 3.63) is 70.7 Å². The first-order valence-corrected chi connectivity index (χ1v) is 9.16. The molecule has 3 rings (SSSR count). The summed E-state index contributed by atoms with van der Waals surface area (Å²) in [6, 6.07) is 6.32. The number of hydrogen-bond acceptors (Lipinski definition) is 4. The molecule has 2 aliphatic heterocycles. The summed E-state index contributed by atoms with van der Waals surface area (Å²) in [4.78, 5) is 14.7. The van der Waals surface area contributed by atoms with Gasteiger partial charge in [0.05, 0.1) is 26.4 Å². The summed E-state index contributed by atoms with van der Waals surface area (Å²) in [5.41, 5.74) is 3.84. The number of carbonyl (C=O) groups is 1. The minimum Gasteiger partial charge on any atom is -0.497 e. The molecule has 1 atom stereocenters. The van der Waals surface area contributed by atoms with Gasteiger partial charge in [0.2, 0.25) is 0 Å². The molecule has 1 aromatic rings. The average Bonchev–Trinajstić information content (AvgIpc) is 3.42. The highest BCUT2D eigenvalue weighted by Gasteiger charge is 2.30. The Balaban J connectivity index is 1.73. The predicted octanol–water partition coefficient (Wildman–Crippen LogP) is 3.87. The largest absolute Gasteiger partial charge is 0.497 e. The van der Waals surface area contributed by atoms with Crippen molar-refractivity contribution in [3.8, 4) is 0 Å². The van der Waals surface area contributed by atoms with E-state index in [1.54, 1.807) is 18.1 Å². The third kappa shape index (κ3) is 4.42. The van der Waals surface area contributed by atoms with Crippen LogP contribution in [0.4, 0.5) is 0 Å². The number of ether oxygens (including phenoxy) is 3. The molecule has 2 aliphatic rings. The quantitative estimate of drug-likeness (QED) is 0.317. The molecule has 1 fully saturated rings. The van der Waals surface area contributed by atoms with Crippen LogP contribution in [0.5, 0.6) is 0 Å². The molecule has 27 heavy (non-hydrogen) atoms. The maximum atomic E-state index is 13.0. The van der Waals surface area contributed by atoms with Crippen LogP contribution in [0.2, 0.25) is 0 Å². The minimum absolute atomic E-state index is 0.136. The molecule has 0 bridgehead atoms. The monoisotopic (exact) mass is 369 g/mol. The third-order valence-electron chi connectivity index (χ3n) is 4.73. The van der Waals surface area contributed by atoms with Crippen LogP contribution in [0.3, 0.4) is 0 Å². The lowest BCUT2D eigenvalue weighted by atomic mass is 10.0. The number of epoxide rings is 1. The Labute approximate surface area is 160 Å². The first kappa shape index (κ1) is 19.2. The van der Waals surface area contributed by atoms with E-state index < -0.39 is 0 Å². The van der Waals surface area contributed by atoms with Crippen LogP contribution in [-0.2, 0) is 32.1 Å². The summed E-state index contributed by atoms with van der Waals surface area (Å²) in [5.74, 6) is 1.24. The second kappa shape index (κ2) is 8.01. The second-order valence-corrected chi connectivity index (χ2v) is 7.22. The van der Waals surface area contributed by atoms with E-state index >= 15 is 0 Å². The van der Waals surface area contributed by atoms with E-state index in [-0.39, 0.29) is 12.0 Å². The van der Waals surface area contributed by atoms with Gasteiger partial charge in [0.15, 0.2) is 0 Å². The van der Waals surface area contributed by atoms with Gasteiger partial charge in [0.1, 0.15) is 17.6 Å². The zero-order valence-electron chi connectivity index (χ0n) is 16.5. The minimum atomic E-state index is -0.136. The van der Waals surface area contributed by atoms with Gasteiger partial charge in [-0.2, -0.15) is 0 Å². The zero-order chi connectivity index (χ0) is 19.6. The fourth-order valence-corrected chi connectivity index (χ4v) is 3.20. The Kier molecular flexibility index (Phi) is 5.71. The molecule has 0 saturated carbocycles. The van der Waals surface area contributed by atoms with Gasteiger partial charge in [-0.1, -0.05) is 38.6 Å². The zero-order valence-corrected chi connectivity index (χ0v) is 16.5. The molecule has 1 unspecified atom stereocenters. The predicted molar refractivity (Wildman–Crippen MR) is 104 cm³/mol. The van der Waals surface area contributed by atoms with Crippen molar-refractivity contribution in [1.29, 1.82) is 0 Å². The number of fused-ring (bicyclic) bond motifs is 1. The maximum Gasteiger partial charge on any atom is 0.257 e. The van der Waals surface area contributed by atoms with Gasteiger partial charge in [0, 0.05) is 19.2 Å². The number of allylic oxidation sites excluding steroid dienone is 2. The highest BCUT2D eigenvalue weighted by atomic mass is 16.6. The molecule has 0 N–H and O–H groups in total. The highest BCUT2D eigenvalue weighted by Crippen LogP contribution is 2.34. The first-order chi connectivity index (χ1) is 12.9. The molecule has 1 amide bonds. The van der Waals surface area contributed by atoms with Crippen molar-refractivity contribution in [2.75, 3.05) is 20.8 Å². The van der Waals surface area contributed by atoms with Crippen LogP contribution >= 0.6 is 0 Å². The van der Waals surface area contributed by atoms with E-state index in [9.17, 15) is 4.79 Å². The molecule has 0 radical (unpaired) electrons. The molecule has 5 nitrogen and oxygen atoms in total. The van der Waals surface area contributed by atoms with Crippen LogP contribution in [0, 0.1) is 5.92 Å². The lowest BCUT2D eigenvalue weighted by Gasteiger charge is -2.18. The highest BCUT2D eigenvalue weighted by molar-refractivity contribution is 5.97. The molecule has 144 valence electrons. The summed E-state index contributed by atoms with van der Waals surface area (Å²) in [6.07, 6.45) is 3.90. The Morgan fingerprint density at radius 2 is 1.96 bits per heavy atom. The van der Waals surface area contributed by atoms with Crippen LogP contribution in [0.15, 0.2) is 54.0 Å². The van der Waals surface area contributed by atoms with Crippen LogP contribution in [-0.4, -0.2) is 31.6 Å². The first-order valence-electron chi connectivity index (χ1n) is 9.16. The summed E-state index contributed by atoms with van der Waals surface area (Å²) in [5, 5.41) is 0. The van der Waals surface area contributed by atoms with E-state index in [1.165, 1.54) is 23.8 Å². The van der Waals surface area contributed by atoms with Crippen molar-refractivity contribution in [2.24, 2.45) is 5.92 Å². The summed E-state index contributed by atoms with van der Waals surface area (Å²) in [6.45, 7) is 10.0. The fourth-order valence-electron chi connectivity index (χ4n) is 3.20. The summed E-state index contributed by atoms with van der Waals surface area (Å²) < 4.78 is 16.1. The number of methoxy groups -OCH3 is 2. The van der Waals surface area contributed by atoms with Crippen molar-refractivity contribution in [1.82, 2.24) is 4.90 Å². The van der Waals surface area contributed by atoms with Gasteiger partial charge in [-0.25, -0.2) is 0 Å². The van der Waals surface area contributed by atoms with E-state index in [0.29, 0.717) is 36.1 Å². The Hall–Kier alpha value is -2.53. The van der Waals surface area contributed by atoms with Crippen LogP contribution < -0.4 is 0 Å². The standard InChI is InChI=1S/C22H27NO4/c1-14(2)8-19(25-4)10-20(26-5)15(3)22(24)23-11-17-7-6-16(21-13-27-21)9-18(17)12-23/h6-10,14,21H,3,11-13H2,1-2,4-5H3/b19-8-,20-10+. The lowest BCUT2D eigenvalue weighted by molar-refractivity contribution is -0.127. The third-order valence-corrected chi connectivity index (χ3v) is 4.73. The summed E-state index contributed by atoms with van der Waals surface area (Å²) >= 11 is 0. The van der Waals surface area contributed by atoms with Crippen molar-refractivity contribution >= 4 is 5.91 Å². The van der Waals surface area contributed by atoms with E-state index in [1.807, 2.05) is 6.08 Å². The molecule has 0 aromatic heterocycles. The van der Waals surface area contributed by atoms with E-state index in [0.717, 1.165) is 6.61 Å². The Morgan fingerprint density at radius 1 is 1.26 bits per heavy atom. The maximum absolute atomic E-state index is 13.0. The number of benzene rings is 1. The number of amides is 1. The number of carbonyl (C=O) groups excluding carboxylic acids is 1. The van der Waals surface area contributed by atoms with E-state index in [4.69, 9.17) is 14.2 Å². The van der Waals surface area contributed by atoms with Crippen LogP contribution in [0.1, 0.15) is 36.6 Å². The molecule has 1 aromatic carbocycles. The Morgan fingerprint density at radius 3 is 2.56 bits per heavy atom. The summed E-state index contributed by atoms with van der Waals surface area (Å²) in [7, 11) is 3.13. The fraction of sp³-hybridized carbons (Fsp3) is 0.409. The average molecular weight is 369 g/mol. The smallest absolute Gasteiger partial charge is 0.257 e. The number of hydrogen-bond donors (Lipinski definition) is 0. The topological polar surface area (TPSA) is 51.3 Å². The van der Waals surface area contributed by atoms with Gasteiger partial charge in [-0.05, 0) is 28.7 Å². The van der Waals surface area contributed by atoms with Gasteiger partial charge >= 0.3 is 0 Å². The van der Waals surface area contributed by atoms with Gasteiger partial charge in [-0.3, -0.25) is 4.79 Å². The van der Waals surface area contributed by atoms with Gasteiger partial charge in [0.25, 0.3) is 5.91 Å². The van der Waals surface area contributed by atoms with Crippen LogP contribution in [0.25, 0.3) is 0 Å². The second-order valence-electron chi connectivity index (χ2n) is 7.22. The van der Waals surface area contributed by atoms with Crippen molar-refractivity contribution in [3.63, 3.8) is 0 Å². The normalized spacial score (nSPS) is 19.1. The SMILES string of the molecule is C=C(C(=O)N1Cc2ccc(C3CO3)cc2C1)/C(=C\C(=C\C(C)C)OC)OC. The van der Waals surface area contributed by atoms with E-state index in [2.05, 4.69) is 38.6 Å². The molecule has 1 saturated heterocycles. The molecule has 2 heterocycles. The Bertz CT molecular complexity index is 803. The number of rotatable bonds is 7. The molecule has 0 aliphatic carbocycles. The van der Waals surface area contributed by atoms with Crippen molar-refractivity contribution < 1.29 is 19.0 Å². The van der Waals surface area contributed by atoms with Gasteiger partial charge < -0.3 is 19.1 Å². The number of nitrogens with zero attached hydrogens (tertiary/aromatic N) is 1. The lowest BCUT2D eigenvalue weighted by Crippen LogP contribution is -2.27. The molecule has 0 spiro atoms. The van der Waals surface area contributed by atoms with Crippen molar-refractivity contribution in [2.45, 2.75) is 33.0 Å². The van der Waals surface area contributed by atoms with Gasteiger partial charge in [-0.15, -0.1) is 0 Å². The molecular formula is C22H27NO4. The molecule has 5 heteroatoms.